The zero-order valence-corrected chi connectivity index (χ0v) is 12.0. The average Bonchev–Trinajstić information content (AvgIpc) is 2.81. The third-order valence-electron chi connectivity index (χ3n) is 3.47. The highest BCUT2D eigenvalue weighted by Gasteiger charge is 2.19. The van der Waals surface area contributed by atoms with Gasteiger partial charge in [0.05, 0.1) is 27.3 Å². The Morgan fingerprint density at radius 1 is 1.48 bits per heavy atom. The van der Waals surface area contributed by atoms with E-state index in [1.54, 1.807) is 16.5 Å². The van der Waals surface area contributed by atoms with Crippen LogP contribution in [0.4, 0.5) is 10.1 Å². The number of aromatic nitrogens is 2. The zero-order valence-electron chi connectivity index (χ0n) is 11.0. The van der Waals surface area contributed by atoms with Gasteiger partial charge in [-0.1, -0.05) is 13.2 Å². The maximum absolute atomic E-state index is 13.8. The number of hydrogen-bond donors (Lipinski definition) is 1. The molecule has 0 spiro atoms. The van der Waals surface area contributed by atoms with Gasteiger partial charge >= 0.3 is 0 Å². The van der Waals surface area contributed by atoms with E-state index in [9.17, 15) is 9.18 Å². The fourth-order valence-electron chi connectivity index (χ4n) is 2.54. The Balaban J connectivity index is 2.79. The van der Waals surface area contributed by atoms with E-state index in [0.29, 0.717) is 33.0 Å². The first-order valence-corrected chi connectivity index (χ1v) is 6.64. The highest BCUT2D eigenvalue weighted by Crippen LogP contribution is 2.25. The highest BCUT2D eigenvalue weighted by atomic mass is 31.0. The summed E-state index contributed by atoms with van der Waals surface area (Å²) in [7, 11) is 3.25. The average molecular weight is 299 g/mol. The van der Waals surface area contributed by atoms with Crippen LogP contribution in [0.1, 0.15) is 11.1 Å². The van der Waals surface area contributed by atoms with Crippen LogP contribution in [0.25, 0.3) is 28.8 Å². The molecule has 0 fully saturated rings. The number of nitrogens with two attached hydrogens (primary N) is 1. The van der Waals surface area contributed by atoms with Gasteiger partial charge in [-0.05, 0) is 17.9 Å². The Morgan fingerprint density at radius 2 is 2.19 bits per heavy atom. The van der Waals surface area contributed by atoms with Gasteiger partial charge in [0.15, 0.2) is 0 Å². The number of fused-ring (bicyclic) bond motifs is 3. The van der Waals surface area contributed by atoms with Gasteiger partial charge in [0, 0.05) is 11.3 Å². The van der Waals surface area contributed by atoms with E-state index in [1.807, 2.05) is 0 Å². The second-order valence-corrected chi connectivity index (χ2v) is 4.91. The van der Waals surface area contributed by atoms with Gasteiger partial charge in [-0.2, -0.15) is 0 Å². The van der Waals surface area contributed by atoms with E-state index >= 15 is 0 Å². The van der Waals surface area contributed by atoms with E-state index in [1.165, 1.54) is 12.1 Å². The van der Waals surface area contributed by atoms with Crippen molar-refractivity contribution in [3.63, 3.8) is 0 Å². The summed E-state index contributed by atoms with van der Waals surface area (Å²) in [5.41, 5.74) is 7.10. The minimum Gasteiger partial charge on any atom is -0.398 e. The van der Waals surface area contributed by atoms with E-state index < -0.39 is 11.3 Å². The molecule has 0 saturated carbocycles. The van der Waals surface area contributed by atoms with Gasteiger partial charge in [-0.3, -0.25) is 9.20 Å². The summed E-state index contributed by atoms with van der Waals surface area (Å²) in [6, 6.07) is 3.38. The molecule has 0 unspecified atom stereocenters. The number of rotatable bonds is 2. The molecule has 104 valence electrons. The molecule has 0 aliphatic heterocycles. The Labute approximate surface area is 121 Å². The first kappa shape index (κ1) is 13.5. The van der Waals surface area contributed by atoms with Crippen molar-refractivity contribution in [3.05, 3.63) is 51.7 Å². The maximum Gasteiger partial charge on any atom is 0.200 e. The Bertz CT molecular complexity index is 1040. The molecule has 0 aliphatic rings. The van der Waals surface area contributed by atoms with Crippen LogP contribution in [0.5, 0.6) is 0 Å². The van der Waals surface area contributed by atoms with Crippen LogP contribution in [-0.4, -0.2) is 15.2 Å². The second-order valence-electron chi connectivity index (χ2n) is 4.63. The number of imidazole rings is 1. The molecule has 0 atom stereocenters. The lowest BCUT2D eigenvalue weighted by molar-refractivity contribution is 0.763. The van der Waals surface area contributed by atoms with Crippen LogP contribution in [0, 0.1) is 0 Å². The van der Waals surface area contributed by atoms with E-state index in [4.69, 9.17) is 5.73 Å². The molecular weight excluding hydrogens is 288 g/mol. The SMILES string of the molecule is C=C(F)c1c(=O)c2c(C=P)c(N)ccc2n2cnc(=C)c12. The lowest BCUT2D eigenvalue weighted by Gasteiger charge is -2.10. The van der Waals surface area contributed by atoms with Crippen LogP contribution in [-0.2, 0) is 0 Å². The third kappa shape index (κ3) is 1.71. The van der Waals surface area contributed by atoms with Gasteiger partial charge < -0.3 is 5.73 Å². The number of nitrogen functional groups attached to an aromatic ring is 1. The number of nitrogens with zero attached hydrogens (tertiary/aromatic N) is 2. The number of hydrogen-bond acceptors (Lipinski definition) is 3. The van der Waals surface area contributed by atoms with Gasteiger partial charge in [-0.15, -0.1) is 8.86 Å². The minimum absolute atomic E-state index is 0.134. The monoisotopic (exact) mass is 299 g/mol. The van der Waals surface area contributed by atoms with E-state index in [2.05, 4.69) is 27.0 Å². The largest absolute Gasteiger partial charge is 0.398 e. The van der Waals surface area contributed by atoms with E-state index in [-0.39, 0.29) is 5.56 Å². The molecule has 4 nitrogen and oxygen atoms in total. The summed E-state index contributed by atoms with van der Waals surface area (Å²) in [6.45, 7) is 6.99. The molecule has 2 heterocycles. The Kier molecular flexibility index (Phi) is 2.88. The Hall–Kier alpha value is -2.52. The molecule has 2 N–H and O–H groups in total. The lowest BCUT2D eigenvalue weighted by Crippen LogP contribution is -2.16. The number of anilines is 1. The molecule has 3 aromatic rings. The summed E-state index contributed by atoms with van der Waals surface area (Å²) in [6.07, 6.45) is 1.50. The molecule has 2 aromatic heterocycles. The molecule has 3 rings (SSSR count). The minimum atomic E-state index is -0.820. The number of pyridine rings is 1. The first-order valence-electron chi connectivity index (χ1n) is 6.06. The molecule has 1 aromatic carbocycles. The van der Waals surface area contributed by atoms with Crippen molar-refractivity contribution in [2.75, 3.05) is 5.73 Å². The third-order valence-corrected chi connectivity index (χ3v) is 3.76. The van der Waals surface area contributed by atoms with Crippen LogP contribution in [0.15, 0.2) is 29.8 Å². The molecule has 0 aliphatic carbocycles. The molecule has 0 amide bonds. The van der Waals surface area contributed by atoms with Crippen molar-refractivity contribution in [1.29, 1.82) is 0 Å². The van der Waals surface area contributed by atoms with E-state index in [0.717, 1.165) is 0 Å². The molecule has 6 heteroatoms. The standard InChI is InChI=1S/C15H11FN3OP/c1-7(16)12-14-8(2)18-6-19(14)11-4-3-10(17)9(5-21)13(11)15(12)20/h3-6,21H,1-2,17H2. The summed E-state index contributed by atoms with van der Waals surface area (Å²) in [5, 5.41) is 0.632. The molecule has 0 bridgehead atoms. The first-order chi connectivity index (χ1) is 9.97. The quantitative estimate of drug-likeness (QED) is 0.580. The summed E-state index contributed by atoms with van der Waals surface area (Å²) < 4.78 is 15.5. The van der Waals surface area contributed by atoms with Crippen LogP contribution >= 0.6 is 8.86 Å². The van der Waals surface area contributed by atoms with Gasteiger partial charge in [-0.25, -0.2) is 9.37 Å². The van der Waals surface area contributed by atoms with Gasteiger partial charge in [0.1, 0.15) is 12.2 Å². The smallest absolute Gasteiger partial charge is 0.200 e. The summed E-state index contributed by atoms with van der Waals surface area (Å²) in [5.74, 6) is 0.720. The summed E-state index contributed by atoms with van der Waals surface area (Å²) in [4.78, 5) is 16.8. The molecule has 0 saturated heterocycles. The predicted molar refractivity (Wildman–Crippen MR) is 87.7 cm³/mol. The Morgan fingerprint density at radius 3 is 2.81 bits per heavy atom. The van der Waals surface area contributed by atoms with Crippen molar-refractivity contribution in [2.24, 2.45) is 0 Å². The lowest BCUT2D eigenvalue weighted by atomic mass is 10.0. The van der Waals surface area contributed by atoms with Crippen LogP contribution in [0.3, 0.4) is 0 Å². The van der Waals surface area contributed by atoms with Crippen LogP contribution in [0.2, 0.25) is 0 Å². The number of halogens is 1. The molecule has 21 heavy (non-hydrogen) atoms. The fraction of sp³-hybridized carbons (Fsp3) is 0. The van der Waals surface area contributed by atoms with Crippen molar-refractivity contribution in [1.82, 2.24) is 9.38 Å². The van der Waals surface area contributed by atoms with Crippen molar-refractivity contribution >= 4 is 49.2 Å². The maximum atomic E-state index is 13.8. The van der Waals surface area contributed by atoms with Gasteiger partial charge in [0.2, 0.25) is 5.43 Å². The molecular formula is C15H11FN3OP. The van der Waals surface area contributed by atoms with Crippen molar-refractivity contribution in [3.8, 4) is 0 Å². The zero-order chi connectivity index (χ0) is 15.3. The second kappa shape index (κ2) is 4.50. The summed E-state index contributed by atoms with van der Waals surface area (Å²) >= 11 is 0. The fourth-order valence-corrected chi connectivity index (χ4v) is 2.85. The predicted octanol–water partition coefficient (Wildman–Crippen LogP) is 1.79. The van der Waals surface area contributed by atoms with Crippen LogP contribution < -0.4 is 16.5 Å². The number of benzene rings is 1. The van der Waals surface area contributed by atoms with Crippen molar-refractivity contribution in [2.45, 2.75) is 0 Å². The molecule has 0 radical (unpaired) electrons. The van der Waals surface area contributed by atoms with Crippen molar-refractivity contribution < 1.29 is 4.39 Å². The van der Waals surface area contributed by atoms with Gasteiger partial charge in [0.25, 0.3) is 0 Å². The topological polar surface area (TPSA) is 60.4 Å². The highest BCUT2D eigenvalue weighted by molar-refractivity contribution is 7.19. The normalized spacial score (nSPS) is 11.1.